The van der Waals surface area contributed by atoms with Crippen molar-refractivity contribution in [3.8, 4) is 0 Å². The van der Waals surface area contributed by atoms with Crippen LogP contribution in [0.5, 0.6) is 0 Å². The Balaban J connectivity index is 2.42. The maximum atomic E-state index is 11.7. The molecule has 2 unspecified atom stereocenters. The summed E-state index contributed by atoms with van der Waals surface area (Å²) in [5.41, 5.74) is 6.91. The third-order valence-electron chi connectivity index (χ3n) is 3.18. The molecular weight excluding hydrogens is 259 g/mol. The predicted molar refractivity (Wildman–Crippen MR) is 69.2 cm³/mol. The van der Waals surface area contributed by atoms with Crippen LogP contribution in [0.1, 0.15) is 24.4 Å². The molecule has 0 bridgehead atoms. The average Bonchev–Trinajstić information content (AvgIpc) is 2.29. The number of nitrogens with two attached hydrogens (primary N) is 1. The highest BCUT2D eigenvalue weighted by atomic mass is 35.5. The molecule has 0 aliphatic carbocycles. The molecule has 1 aromatic carbocycles. The van der Waals surface area contributed by atoms with E-state index in [4.69, 9.17) is 28.9 Å². The molecule has 92 valence electrons. The van der Waals surface area contributed by atoms with Gasteiger partial charge < -0.3 is 10.6 Å². The quantitative estimate of drug-likeness (QED) is 0.854. The van der Waals surface area contributed by atoms with Gasteiger partial charge in [-0.05, 0) is 30.2 Å². The summed E-state index contributed by atoms with van der Waals surface area (Å²) in [5, 5.41) is 1.19. The SMILES string of the molecule is CN1C(=O)CCC(N)C1c1cc(Cl)ccc1Cl. The molecule has 2 atom stereocenters. The summed E-state index contributed by atoms with van der Waals surface area (Å²) < 4.78 is 0. The van der Waals surface area contributed by atoms with Gasteiger partial charge in [0.15, 0.2) is 0 Å². The Hall–Kier alpha value is -0.770. The number of hydrogen-bond acceptors (Lipinski definition) is 2. The first kappa shape index (κ1) is 12.7. The minimum atomic E-state index is -0.192. The second kappa shape index (κ2) is 4.84. The molecule has 1 fully saturated rings. The third kappa shape index (κ3) is 2.41. The molecule has 0 aromatic heterocycles. The lowest BCUT2D eigenvalue weighted by Crippen LogP contribution is -2.46. The molecule has 2 N–H and O–H groups in total. The number of benzene rings is 1. The molecule has 2 rings (SSSR count). The zero-order chi connectivity index (χ0) is 12.6. The molecule has 1 aliphatic heterocycles. The maximum absolute atomic E-state index is 11.7. The van der Waals surface area contributed by atoms with E-state index < -0.39 is 0 Å². The van der Waals surface area contributed by atoms with Crippen molar-refractivity contribution in [3.05, 3.63) is 33.8 Å². The van der Waals surface area contributed by atoms with Crippen LogP contribution < -0.4 is 5.73 Å². The lowest BCUT2D eigenvalue weighted by molar-refractivity contribution is -0.135. The van der Waals surface area contributed by atoms with Crippen LogP contribution in [-0.4, -0.2) is 23.9 Å². The van der Waals surface area contributed by atoms with Gasteiger partial charge in [-0.1, -0.05) is 23.2 Å². The first-order valence-corrected chi connectivity index (χ1v) is 6.22. The minimum Gasteiger partial charge on any atom is -0.337 e. The van der Waals surface area contributed by atoms with Gasteiger partial charge in [-0.25, -0.2) is 0 Å². The number of likely N-dealkylation sites (tertiary alicyclic amines) is 1. The second-order valence-corrected chi connectivity index (χ2v) is 5.16. The van der Waals surface area contributed by atoms with E-state index in [2.05, 4.69) is 0 Å². The number of rotatable bonds is 1. The van der Waals surface area contributed by atoms with Crippen LogP contribution in [-0.2, 0) is 4.79 Å². The summed E-state index contributed by atoms with van der Waals surface area (Å²) in [6.45, 7) is 0. The summed E-state index contributed by atoms with van der Waals surface area (Å²) in [7, 11) is 1.75. The Morgan fingerprint density at radius 3 is 2.82 bits per heavy atom. The monoisotopic (exact) mass is 272 g/mol. The van der Waals surface area contributed by atoms with Crippen LogP contribution in [0.15, 0.2) is 18.2 Å². The van der Waals surface area contributed by atoms with Crippen LogP contribution in [0.2, 0.25) is 10.0 Å². The highest BCUT2D eigenvalue weighted by Gasteiger charge is 2.33. The van der Waals surface area contributed by atoms with Gasteiger partial charge in [-0.2, -0.15) is 0 Å². The smallest absolute Gasteiger partial charge is 0.222 e. The summed E-state index contributed by atoms with van der Waals surface area (Å²) >= 11 is 12.1. The van der Waals surface area contributed by atoms with E-state index in [-0.39, 0.29) is 18.0 Å². The van der Waals surface area contributed by atoms with Crippen LogP contribution >= 0.6 is 23.2 Å². The Labute approximate surface area is 110 Å². The topological polar surface area (TPSA) is 46.3 Å². The van der Waals surface area contributed by atoms with Crippen LogP contribution in [0.3, 0.4) is 0 Å². The van der Waals surface area contributed by atoms with Gasteiger partial charge in [0.2, 0.25) is 5.91 Å². The fraction of sp³-hybridized carbons (Fsp3) is 0.417. The molecule has 17 heavy (non-hydrogen) atoms. The molecule has 0 spiro atoms. The standard InChI is InChI=1S/C12H14Cl2N2O/c1-16-11(17)5-4-10(15)12(16)8-6-7(13)2-3-9(8)14/h2-3,6,10,12H,4-5,15H2,1H3. The lowest BCUT2D eigenvalue weighted by atomic mass is 9.91. The van der Waals surface area contributed by atoms with E-state index in [0.717, 1.165) is 5.56 Å². The van der Waals surface area contributed by atoms with Gasteiger partial charge in [0.05, 0.1) is 6.04 Å². The number of carbonyl (C=O) groups excluding carboxylic acids is 1. The highest BCUT2D eigenvalue weighted by Crippen LogP contribution is 2.35. The van der Waals surface area contributed by atoms with Gasteiger partial charge >= 0.3 is 0 Å². The summed E-state index contributed by atoms with van der Waals surface area (Å²) in [6, 6.07) is 4.95. The van der Waals surface area contributed by atoms with Crippen molar-refractivity contribution in [2.45, 2.75) is 24.9 Å². The highest BCUT2D eigenvalue weighted by molar-refractivity contribution is 6.33. The van der Waals surface area contributed by atoms with Crippen LogP contribution in [0.4, 0.5) is 0 Å². The Bertz CT molecular complexity index is 450. The number of halogens is 2. The molecule has 1 amide bonds. The zero-order valence-corrected chi connectivity index (χ0v) is 11.0. The fourth-order valence-corrected chi connectivity index (χ4v) is 2.66. The second-order valence-electron chi connectivity index (χ2n) is 4.32. The number of carbonyl (C=O) groups is 1. The van der Waals surface area contributed by atoms with Gasteiger partial charge in [0.1, 0.15) is 0 Å². The van der Waals surface area contributed by atoms with Crippen molar-refractivity contribution in [2.75, 3.05) is 7.05 Å². The van der Waals surface area contributed by atoms with Crippen molar-refractivity contribution in [2.24, 2.45) is 5.73 Å². The Morgan fingerprint density at radius 1 is 1.41 bits per heavy atom. The number of nitrogens with zero attached hydrogens (tertiary/aromatic N) is 1. The molecule has 1 aliphatic rings. The van der Waals surface area contributed by atoms with Crippen LogP contribution in [0, 0.1) is 0 Å². The van der Waals surface area contributed by atoms with E-state index >= 15 is 0 Å². The lowest BCUT2D eigenvalue weighted by Gasteiger charge is -2.37. The molecule has 1 heterocycles. The van der Waals surface area contributed by atoms with E-state index in [1.165, 1.54) is 0 Å². The maximum Gasteiger partial charge on any atom is 0.222 e. The summed E-state index contributed by atoms with van der Waals surface area (Å²) in [6.07, 6.45) is 1.17. The van der Waals surface area contributed by atoms with Crippen LogP contribution in [0.25, 0.3) is 0 Å². The molecule has 3 nitrogen and oxygen atoms in total. The first-order chi connectivity index (χ1) is 8.00. The van der Waals surface area contributed by atoms with Gasteiger partial charge in [-0.3, -0.25) is 4.79 Å². The third-order valence-corrected chi connectivity index (χ3v) is 3.76. The normalized spacial score (nSPS) is 25.2. The largest absolute Gasteiger partial charge is 0.337 e. The number of hydrogen-bond donors (Lipinski definition) is 1. The van der Waals surface area contributed by atoms with E-state index in [1.54, 1.807) is 30.1 Å². The molecule has 1 saturated heterocycles. The first-order valence-electron chi connectivity index (χ1n) is 5.47. The van der Waals surface area contributed by atoms with Crippen molar-refractivity contribution >= 4 is 29.1 Å². The Morgan fingerprint density at radius 2 is 2.12 bits per heavy atom. The van der Waals surface area contributed by atoms with Gasteiger partial charge in [0, 0.05) is 29.6 Å². The van der Waals surface area contributed by atoms with Gasteiger partial charge in [0.25, 0.3) is 0 Å². The molecule has 5 heteroatoms. The van der Waals surface area contributed by atoms with Crippen molar-refractivity contribution in [1.29, 1.82) is 0 Å². The van der Waals surface area contributed by atoms with Crippen molar-refractivity contribution < 1.29 is 4.79 Å². The predicted octanol–water partition coefficient (Wildman–Crippen LogP) is 2.61. The fourth-order valence-electron chi connectivity index (χ4n) is 2.25. The Kier molecular flexibility index (Phi) is 3.61. The number of piperidine rings is 1. The zero-order valence-electron chi connectivity index (χ0n) is 9.49. The van der Waals surface area contributed by atoms with E-state index in [9.17, 15) is 4.79 Å². The molecule has 0 saturated carbocycles. The molecular formula is C12H14Cl2N2O. The van der Waals surface area contributed by atoms with E-state index in [1.807, 2.05) is 0 Å². The molecule has 0 radical (unpaired) electrons. The minimum absolute atomic E-state index is 0.0905. The summed E-state index contributed by atoms with van der Waals surface area (Å²) in [4.78, 5) is 13.4. The average molecular weight is 273 g/mol. The van der Waals surface area contributed by atoms with E-state index in [0.29, 0.717) is 22.9 Å². The van der Waals surface area contributed by atoms with Gasteiger partial charge in [-0.15, -0.1) is 0 Å². The van der Waals surface area contributed by atoms with Crippen molar-refractivity contribution in [3.63, 3.8) is 0 Å². The summed E-state index contributed by atoms with van der Waals surface area (Å²) in [5.74, 6) is 0.0905. The van der Waals surface area contributed by atoms with Crippen molar-refractivity contribution in [1.82, 2.24) is 4.90 Å². The molecule has 1 aromatic rings. The number of likely N-dealkylation sites (N-methyl/N-ethyl adjacent to an activating group) is 1. The number of amides is 1.